The third kappa shape index (κ3) is 4.60. The molecule has 1 aromatic heterocycles. The molecule has 0 radical (unpaired) electrons. The largest absolute Gasteiger partial charge is 0.378 e. The molecule has 1 aliphatic heterocycles. The number of aromatic nitrogens is 2. The number of carbonyl (C=O) groups excluding carboxylic acids is 1. The van der Waals surface area contributed by atoms with Crippen LogP contribution in [0.2, 0.25) is 0 Å². The zero-order chi connectivity index (χ0) is 20.8. The van der Waals surface area contributed by atoms with E-state index in [1.165, 1.54) is 0 Å². The minimum atomic E-state index is 0.182. The number of fused-ring (bicyclic) bond motifs is 1. The molecule has 1 amide bonds. The molecule has 2 heterocycles. The van der Waals surface area contributed by atoms with Crippen LogP contribution in [0.5, 0.6) is 0 Å². The van der Waals surface area contributed by atoms with Gasteiger partial charge in [-0.05, 0) is 18.6 Å². The third-order valence-electron chi connectivity index (χ3n) is 5.37. The van der Waals surface area contributed by atoms with Crippen LogP contribution in [0.3, 0.4) is 0 Å². The number of ether oxygens (including phenoxy) is 1. The van der Waals surface area contributed by atoms with Gasteiger partial charge in [-0.15, -0.1) is 0 Å². The summed E-state index contributed by atoms with van der Waals surface area (Å²) in [6, 6.07) is 18.1. The standard InChI is InChI=1S/C24H28N4O2/c1-2-13-28(14-12-22(29)27-15-17-30-18-16-27)24-20-10-6-7-11-21(20)25-23(26-24)19-8-4-3-5-9-19/h3-11H,2,12-18H2,1H3. The number of benzene rings is 2. The molecule has 4 rings (SSSR count). The van der Waals surface area contributed by atoms with E-state index in [1.54, 1.807) is 0 Å². The number of para-hydroxylation sites is 1. The van der Waals surface area contributed by atoms with Crippen molar-refractivity contribution in [1.82, 2.24) is 14.9 Å². The van der Waals surface area contributed by atoms with Gasteiger partial charge in [0.1, 0.15) is 5.82 Å². The van der Waals surface area contributed by atoms with Crippen molar-refractivity contribution in [3.63, 3.8) is 0 Å². The van der Waals surface area contributed by atoms with Crippen LogP contribution < -0.4 is 4.90 Å². The maximum Gasteiger partial charge on any atom is 0.224 e. The highest BCUT2D eigenvalue weighted by atomic mass is 16.5. The minimum Gasteiger partial charge on any atom is -0.378 e. The lowest BCUT2D eigenvalue weighted by Gasteiger charge is -2.29. The van der Waals surface area contributed by atoms with E-state index >= 15 is 0 Å². The predicted molar refractivity (Wildman–Crippen MR) is 119 cm³/mol. The fraction of sp³-hybridized carbons (Fsp3) is 0.375. The summed E-state index contributed by atoms with van der Waals surface area (Å²) in [6.07, 6.45) is 1.45. The summed E-state index contributed by atoms with van der Waals surface area (Å²) in [4.78, 5) is 26.6. The number of rotatable bonds is 7. The third-order valence-corrected chi connectivity index (χ3v) is 5.37. The highest BCUT2D eigenvalue weighted by Gasteiger charge is 2.20. The Labute approximate surface area is 177 Å². The minimum absolute atomic E-state index is 0.182. The maximum atomic E-state index is 12.7. The van der Waals surface area contributed by atoms with Gasteiger partial charge in [-0.25, -0.2) is 9.97 Å². The van der Waals surface area contributed by atoms with E-state index in [0.29, 0.717) is 45.1 Å². The van der Waals surface area contributed by atoms with Crippen LogP contribution >= 0.6 is 0 Å². The summed E-state index contributed by atoms with van der Waals surface area (Å²) >= 11 is 0. The average Bonchev–Trinajstić information content (AvgIpc) is 2.82. The summed E-state index contributed by atoms with van der Waals surface area (Å²) in [5.74, 6) is 1.79. The lowest BCUT2D eigenvalue weighted by molar-refractivity contribution is -0.135. The Morgan fingerprint density at radius 1 is 1.00 bits per heavy atom. The Hall–Kier alpha value is -2.99. The average molecular weight is 405 g/mol. The number of morpholine rings is 1. The van der Waals surface area contributed by atoms with Gasteiger partial charge in [-0.3, -0.25) is 4.79 Å². The van der Waals surface area contributed by atoms with E-state index in [-0.39, 0.29) is 5.91 Å². The van der Waals surface area contributed by atoms with Gasteiger partial charge < -0.3 is 14.5 Å². The molecule has 1 fully saturated rings. The molecule has 0 saturated carbocycles. The van der Waals surface area contributed by atoms with Gasteiger partial charge >= 0.3 is 0 Å². The van der Waals surface area contributed by atoms with Crippen LogP contribution in [0, 0.1) is 0 Å². The quantitative estimate of drug-likeness (QED) is 0.600. The summed E-state index contributed by atoms with van der Waals surface area (Å²) in [5, 5.41) is 1.02. The van der Waals surface area contributed by atoms with Crippen molar-refractivity contribution in [1.29, 1.82) is 0 Å². The zero-order valence-electron chi connectivity index (χ0n) is 17.5. The summed E-state index contributed by atoms with van der Waals surface area (Å²) in [7, 11) is 0. The lowest BCUT2D eigenvalue weighted by atomic mass is 10.1. The van der Waals surface area contributed by atoms with Crippen molar-refractivity contribution >= 4 is 22.6 Å². The Bertz CT molecular complexity index is 987. The SMILES string of the molecule is CCCN(CCC(=O)N1CCOCC1)c1nc(-c2ccccc2)nc2ccccc12. The number of carbonyl (C=O) groups is 1. The van der Waals surface area contributed by atoms with Gasteiger partial charge in [0.25, 0.3) is 0 Å². The molecule has 2 aromatic carbocycles. The Morgan fingerprint density at radius 2 is 1.73 bits per heavy atom. The maximum absolute atomic E-state index is 12.7. The van der Waals surface area contributed by atoms with Gasteiger partial charge in [0, 0.05) is 43.5 Å². The summed E-state index contributed by atoms with van der Waals surface area (Å²) in [6.45, 7) is 6.24. The fourth-order valence-corrected chi connectivity index (χ4v) is 3.81. The number of nitrogens with zero attached hydrogens (tertiary/aromatic N) is 4. The highest BCUT2D eigenvalue weighted by Crippen LogP contribution is 2.28. The van der Waals surface area contributed by atoms with Crippen molar-refractivity contribution in [3.8, 4) is 11.4 Å². The first-order valence-corrected chi connectivity index (χ1v) is 10.7. The van der Waals surface area contributed by atoms with Crippen LogP contribution in [0.25, 0.3) is 22.3 Å². The monoisotopic (exact) mass is 404 g/mol. The first kappa shape index (κ1) is 20.3. The van der Waals surface area contributed by atoms with Gasteiger partial charge in [0.2, 0.25) is 5.91 Å². The van der Waals surface area contributed by atoms with Crippen LogP contribution in [0.15, 0.2) is 54.6 Å². The predicted octanol–water partition coefficient (Wildman–Crippen LogP) is 3.76. The van der Waals surface area contributed by atoms with Gasteiger partial charge in [0.15, 0.2) is 5.82 Å². The summed E-state index contributed by atoms with van der Waals surface area (Å²) in [5.41, 5.74) is 1.91. The molecule has 0 aliphatic carbocycles. The van der Waals surface area contributed by atoms with E-state index in [1.807, 2.05) is 53.4 Å². The number of hydrogen-bond acceptors (Lipinski definition) is 5. The van der Waals surface area contributed by atoms with Crippen LogP contribution in [-0.2, 0) is 9.53 Å². The Balaban J connectivity index is 1.64. The first-order valence-electron chi connectivity index (χ1n) is 10.7. The lowest BCUT2D eigenvalue weighted by Crippen LogP contribution is -2.42. The zero-order valence-corrected chi connectivity index (χ0v) is 17.5. The van der Waals surface area contributed by atoms with Crippen LogP contribution in [0.1, 0.15) is 19.8 Å². The molecule has 0 atom stereocenters. The molecule has 3 aromatic rings. The van der Waals surface area contributed by atoms with Gasteiger partial charge in [-0.1, -0.05) is 49.4 Å². The van der Waals surface area contributed by atoms with Crippen molar-refractivity contribution in [3.05, 3.63) is 54.6 Å². The molecular formula is C24H28N4O2. The Kier molecular flexibility index (Phi) is 6.54. The van der Waals surface area contributed by atoms with E-state index in [4.69, 9.17) is 14.7 Å². The molecule has 0 N–H and O–H groups in total. The molecule has 156 valence electrons. The van der Waals surface area contributed by atoms with Crippen molar-refractivity contribution in [2.24, 2.45) is 0 Å². The van der Waals surface area contributed by atoms with Gasteiger partial charge in [0.05, 0.1) is 18.7 Å². The normalized spacial score (nSPS) is 14.1. The van der Waals surface area contributed by atoms with E-state index in [0.717, 1.165) is 35.2 Å². The smallest absolute Gasteiger partial charge is 0.224 e. The molecule has 6 nitrogen and oxygen atoms in total. The molecule has 0 bridgehead atoms. The fourth-order valence-electron chi connectivity index (χ4n) is 3.81. The molecule has 1 aliphatic rings. The van der Waals surface area contributed by atoms with Crippen molar-refractivity contribution in [2.75, 3.05) is 44.3 Å². The van der Waals surface area contributed by atoms with Gasteiger partial charge in [-0.2, -0.15) is 0 Å². The Morgan fingerprint density at radius 3 is 2.50 bits per heavy atom. The second-order valence-electron chi connectivity index (χ2n) is 7.48. The number of amides is 1. The number of anilines is 1. The van der Waals surface area contributed by atoms with E-state index in [9.17, 15) is 4.79 Å². The van der Waals surface area contributed by atoms with Crippen LogP contribution in [-0.4, -0.2) is 60.2 Å². The summed E-state index contributed by atoms with van der Waals surface area (Å²) < 4.78 is 5.37. The number of hydrogen-bond donors (Lipinski definition) is 0. The molecule has 0 unspecified atom stereocenters. The molecule has 1 saturated heterocycles. The van der Waals surface area contributed by atoms with E-state index in [2.05, 4.69) is 17.9 Å². The molecule has 0 spiro atoms. The van der Waals surface area contributed by atoms with Crippen molar-refractivity contribution in [2.45, 2.75) is 19.8 Å². The molecule has 6 heteroatoms. The highest BCUT2D eigenvalue weighted by molar-refractivity contribution is 5.91. The molecular weight excluding hydrogens is 376 g/mol. The topological polar surface area (TPSA) is 58.6 Å². The second kappa shape index (κ2) is 9.67. The first-order chi connectivity index (χ1) is 14.8. The van der Waals surface area contributed by atoms with Crippen LogP contribution in [0.4, 0.5) is 5.82 Å². The second-order valence-corrected chi connectivity index (χ2v) is 7.48. The van der Waals surface area contributed by atoms with Crippen molar-refractivity contribution < 1.29 is 9.53 Å². The van der Waals surface area contributed by atoms with E-state index < -0.39 is 0 Å². The molecule has 30 heavy (non-hydrogen) atoms.